The van der Waals surface area contributed by atoms with Crippen molar-refractivity contribution in [3.8, 4) is 11.6 Å². The van der Waals surface area contributed by atoms with E-state index in [1.54, 1.807) is 25.1 Å². The highest BCUT2D eigenvalue weighted by Gasteiger charge is 2.44. The van der Waals surface area contributed by atoms with Crippen molar-refractivity contribution in [3.05, 3.63) is 54.2 Å². The summed E-state index contributed by atoms with van der Waals surface area (Å²) in [5.74, 6) is -3.92. The van der Waals surface area contributed by atoms with Gasteiger partial charge in [-0.25, -0.2) is 9.78 Å². The van der Waals surface area contributed by atoms with Crippen molar-refractivity contribution in [1.82, 2.24) is 4.98 Å². The van der Waals surface area contributed by atoms with Crippen LogP contribution in [0, 0.1) is 0 Å². The summed E-state index contributed by atoms with van der Waals surface area (Å²) in [4.78, 5) is 15.5. The first-order valence-electron chi connectivity index (χ1n) is 7.46. The Balaban J connectivity index is 2.38. The third-order valence-electron chi connectivity index (χ3n) is 3.26. The number of benzene rings is 1. The smallest absolute Gasteiger partial charge is 0.416 e. The van der Waals surface area contributed by atoms with E-state index in [9.17, 15) is 23.1 Å². The molecule has 5 nitrogen and oxygen atoms in total. The van der Waals surface area contributed by atoms with Crippen LogP contribution < -0.4 is 9.47 Å². The monoisotopic (exact) mass is 355 g/mol. The van der Waals surface area contributed by atoms with Gasteiger partial charge in [0.05, 0.1) is 5.56 Å². The van der Waals surface area contributed by atoms with Crippen LogP contribution >= 0.6 is 0 Å². The SMILES string of the molecule is CCCC(Oc1ccccc1)(Oc1cc(C(F)(F)F)ccn1)C(=O)O. The second kappa shape index (κ2) is 7.42. The van der Waals surface area contributed by atoms with Crippen LogP contribution in [0.5, 0.6) is 11.6 Å². The van der Waals surface area contributed by atoms with Crippen LogP contribution in [-0.4, -0.2) is 21.8 Å². The van der Waals surface area contributed by atoms with Crippen molar-refractivity contribution >= 4 is 5.97 Å². The molecule has 0 spiro atoms. The van der Waals surface area contributed by atoms with Crippen molar-refractivity contribution in [2.24, 2.45) is 0 Å². The Morgan fingerprint density at radius 1 is 1.16 bits per heavy atom. The molecule has 8 heteroatoms. The molecule has 0 saturated heterocycles. The number of aliphatic carboxylic acids is 1. The molecule has 134 valence electrons. The largest absolute Gasteiger partial charge is 0.475 e. The molecule has 25 heavy (non-hydrogen) atoms. The molecule has 1 N–H and O–H groups in total. The van der Waals surface area contributed by atoms with Crippen molar-refractivity contribution in [1.29, 1.82) is 0 Å². The number of carbonyl (C=O) groups is 1. The average Bonchev–Trinajstić information content (AvgIpc) is 2.55. The number of ether oxygens (including phenoxy) is 2. The number of rotatable bonds is 7. The molecule has 1 unspecified atom stereocenters. The number of para-hydroxylation sites is 1. The number of halogens is 3. The van der Waals surface area contributed by atoms with Crippen LogP contribution in [0.2, 0.25) is 0 Å². The lowest BCUT2D eigenvalue weighted by atomic mass is 10.1. The van der Waals surface area contributed by atoms with E-state index < -0.39 is 29.4 Å². The molecule has 0 aliphatic heterocycles. The quantitative estimate of drug-likeness (QED) is 0.756. The lowest BCUT2D eigenvalue weighted by molar-refractivity contribution is -0.188. The van der Waals surface area contributed by atoms with Crippen molar-refractivity contribution in [2.75, 3.05) is 0 Å². The van der Waals surface area contributed by atoms with Crippen LogP contribution in [0.1, 0.15) is 25.3 Å². The molecule has 2 aromatic rings. The van der Waals surface area contributed by atoms with Gasteiger partial charge in [0.15, 0.2) is 0 Å². The normalized spacial score (nSPS) is 13.8. The van der Waals surface area contributed by atoms with E-state index in [-0.39, 0.29) is 12.2 Å². The molecule has 0 aliphatic carbocycles. The number of nitrogens with zero attached hydrogens (tertiary/aromatic N) is 1. The van der Waals surface area contributed by atoms with Gasteiger partial charge in [0.25, 0.3) is 0 Å². The standard InChI is InChI=1S/C17H16F3NO4/c1-2-9-16(15(22)23,24-13-6-4-3-5-7-13)25-14-11-12(8-10-21-14)17(18,19)20/h3-8,10-11H,2,9H2,1H3,(H,22,23). The number of pyridine rings is 1. The minimum atomic E-state index is -4.60. The van der Waals surface area contributed by atoms with Crippen LogP contribution in [0.15, 0.2) is 48.7 Å². The van der Waals surface area contributed by atoms with E-state index in [1.165, 1.54) is 12.1 Å². The summed E-state index contributed by atoms with van der Waals surface area (Å²) in [6.45, 7) is 1.70. The highest BCUT2D eigenvalue weighted by atomic mass is 19.4. The van der Waals surface area contributed by atoms with Gasteiger partial charge in [-0.3, -0.25) is 0 Å². The number of alkyl halides is 3. The number of hydrogen-bond donors (Lipinski definition) is 1. The van der Waals surface area contributed by atoms with Gasteiger partial charge in [-0.05, 0) is 24.6 Å². The number of aromatic nitrogens is 1. The Morgan fingerprint density at radius 2 is 1.84 bits per heavy atom. The molecular formula is C17H16F3NO4. The number of carboxylic acid groups (broad SMARTS) is 1. The summed E-state index contributed by atoms with van der Waals surface area (Å²) in [6.07, 6.45) is -3.43. The van der Waals surface area contributed by atoms with Crippen LogP contribution in [0.4, 0.5) is 13.2 Å². The number of hydrogen-bond acceptors (Lipinski definition) is 4. The molecule has 1 aromatic carbocycles. The fourth-order valence-electron chi connectivity index (χ4n) is 2.14. The lowest BCUT2D eigenvalue weighted by Gasteiger charge is -2.30. The third-order valence-corrected chi connectivity index (χ3v) is 3.26. The minimum Gasteiger partial charge on any atom is -0.475 e. The molecular weight excluding hydrogens is 339 g/mol. The number of carboxylic acids is 1. The van der Waals surface area contributed by atoms with E-state index in [0.29, 0.717) is 12.5 Å². The van der Waals surface area contributed by atoms with Gasteiger partial charge in [-0.2, -0.15) is 13.2 Å². The van der Waals surface area contributed by atoms with Crippen molar-refractivity contribution < 1.29 is 32.5 Å². The maximum Gasteiger partial charge on any atom is 0.416 e. The predicted molar refractivity (Wildman–Crippen MR) is 82.2 cm³/mol. The average molecular weight is 355 g/mol. The van der Waals surface area contributed by atoms with Crippen molar-refractivity contribution in [2.45, 2.75) is 31.7 Å². The molecule has 0 saturated carbocycles. The van der Waals surface area contributed by atoms with Gasteiger partial charge in [0, 0.05) is 18.7 Å². The van der Waals surface area contributed by atoms with E-state index in [1.807, 2.05) is 0 Å². The molecule has 2 rings (SSSR count). The molecule has 0 bridgehead atoms. The van der Waals surface area contributed by atoms with E-state index in [0.717, 1.165) is 12.3 Å². The molecule has 0 amide bonds. The Kier molecular flexibility index (Phi) is 5.51. The molecule has 1 aromatic heterocycles. The van der Waals surface area contributed by atoms with Gasteiger partial charge in [0.2, 0.25) is 5.88 Å². The Labute approximate surface area is 142 Å². The van der Waals surface area contributed by atoms with Gasteiger partial charge < -0.3 is 14.6 Å². The van der Waals surface area contributed by atoms with Gasteiger partial charge in [-0.1, -0.05) is 25.1 Å². The highest BCUT2D eigenvalue weighted by molar-refractivity contribution is 5.76. The van der Waals surface area contributed by atoms with Crippen LogP contribution in [0.3, 0.4) is 0 Å². The summed E-state index contributed by atoms with van der Waals surface area (Å²) in [5.41, 5.74) is -0.993. The first kappa shape index (κ1) is 18.6. The topological polar surface area (TPSA) is 68.7 Å². The molecule has 0 aliphatic rings. The van der Waals surface area contributed by atoms with Gasteiger partial charge in [-0.15, -0.1) is 0 Å². The minimum absolute atomic E-state index is 0.0881. The second-order valence-electron chi connectivity index (χ2n) is 5.21. The fraction of sp³-hybridized carbons (Fsp3) is 0.294. The maximum absolute atomic E-state index is 12.8. The molecule has 1 heterocycles. The fourth-order valence-corrected chi connectivity index (χ4v) is 2.14. The van der Waals surface area contributed by atoms with E-state index >= 15 is 0 Å². The van der Waals surface area contributed by atoms with E-state index in [4.69, 9.17) is 9.47 Å². The predicted octanol–water partition coefficient (Wildman–Crippen LogP) is 4.14. The van der Waals surface area contributed by atoms with Gasteiger partial charge >= 0.3 is 17.9 Å². The van der Waals surface area contributed by atoms with E-state index in [2.05, 4.69) is 4.98 Å². The third kappa shape index (κ3) is 4.62. The molecule has 0 radical (unpaired) electrons. The maximum atomic E-state index is 12.8. The molecule has 0 fully saturated rings. The van der Waals surface area contributed by atoms with Crippen LogP contribution in [0.25, 0.3) is 0 Å². The second-order valence-corrected chi connectivity index (χ2v) is 5.21. The summed E-state index contributed by atoms with van der Waals surface area (Å²) in [6, 6.07) is 9.44. The molecule has 1 atom stereocenters. The zero-order valence-corrected chi connectivity index (χ0v) is 13.3. The first-order chi connectivity index (χ1) is 11.8. The van der Waals surface area contributed by atoms with Crippen LogP contribution in [-0.2, 0) is 11.0 Å². The summed E-state index contributed by atoms with van der Waals surface area (Å²) in [7, 11) is 0. The van der Waals surface area contributed by atoms with Gasteiger partial charge in [0.1, 0.15) is 5.75 Å². The Bertz CT molecular complexity index is 721. The lowest BCUT2D eigenvalue weighted by Crippen LogP contribution is -2.50. The summed E-state index contributed by atoms with van der Waals surface area (Å²) >= 11 is 0. The summed E-state index contributed by atoms with van der Waals surface area (Å²) in [5, 5.41) is 9.61. The highest BCUT2D eigenvalue weighted by Crippen LogP contribution is 2.32. The summed E-state index contributed by atoms with van der Waals surface area (Å²) < 4.78 is 49.3. The zero-order chi connectivity index (χ0) is 18.5. The Hall–Kier alpha value is -2.77. The van der Waals surface area contributed by atoms with Crippen molar-refractivity contribution in [3.63, 3.8) is 0 Å². The first-order valence-corrected chi connectivity index (χ1v) is 7.46. The zero-order valence-electron chi connectivity index (χ0n) is 13.3. The Morgan fingerprint density at radius 3 is 2.40 bits per heavy atom.